The standard InChI is InChI=1S/C20H32N4O2/c1-20(2,3)26-19(25)24-17(15-10-6-5-7-11-15)14-22-18(21-4)23-16-12-8-9-13-16/h5-7,10-11,16-17H,8-9,12-14H2,1-4H3,(H,24,25)(H2,21,22,23). The summed E-state index contributed by atoms with van der Waals surface area (Å²) >= 11 is 0. The number of hydrogen-bond donors (Lipinski definition) is 3. The highest BCUT2D eigenvalue weighted by atomic mass is 16.6. The Morgan fingerprint density at radius 3 is 2.46 bits per heavy atom. The fourth-order valence-corrected chi connectivity index (χ4v) is 3.04. The van der Waals surface area contributed by atoms with E-state index in [0.717, 1.165) is 11.5 Å². The molecule has 0 heterocycles. The number of ether oxygens (including phenoxy) is 1. The van der Waals surface area contributed by atoms with Crippen LogP contribution in [0.3, 0.4) is 0 Å². The molecule has 6 nitrogen and oxygen atoms in total. The van der Waals surface area contributed by atoms with Crippen LogP contribution in [-0.2, 0) is 4.74 Å². The fourth-order valence-electron chi connectivity index (χ4n) is 3.04. The number of alkyl carbamates (subject to hydrolysis) is 1. The quantitative estimate of drug-likeness (QED) is 0.556. The van der Waals surface area contributed by atoms with Crippen LogP contribution < -0.4 is 16.0 Å². The van der Waals surface area contributed by atoms with E-state index in [4.69, 9.17) is 4.74 Å². The largest absolute Gasteiger partial charge is 0.444 e. The molecule has 1 atom stereocenters. The van der Waals surface area contributed by atoms with Crippen LogP contribution in [0.15, 0.2) is 35.3 Å². The van der Waals surface area contributed by atoms with E-state index >= 15 is 0 Å². The fraction of sp³-hybridized carbons (Fsp3) is 0.600. The van der Waals surface area contributed by atoms with Crippen LogP contribution in [-0.4, -0.2) is 37.3 Å². The van der Waals surface area contributed by atoms with E-state index in [9.17, 15) is 4.79 Å². The molecule has 1 amide bonds. The smallest absolute Gasteiger partial charge is 0.408 e. The number of carbonyl (C=O) groups excluding carboxylic acids is 1. The summed E-state index contributed by atoms with van der Waals surface area (Å²) in [6.07, 6.45) is 4.47. The SMILES string of the molecule is CN=C(NCC(NC(=O)OC(C)(C)C)c1ccccc1)NC1CCCC1. The van der Waals surface area contributed by atoms with Gasteiger partial charge in [-0.2, -0.15) is 0 Å². The molecule has 1 aromatic rings. The van der Waals surface area contributed by atoms with Crippen LogP contribution in [0.1, 0.15) is 58.1 Å². The average molecular weight is 361 g/mol. The van der Waals surface area contributed by atoms with E-state index in [2.05, 4.69) is 20.9 Å². The highest BCUT2D eigenvalue weighted by Gasteiger charge is 2.21. The van der Waals surface area contributed by atoms with Crippen LogP contribution in [0, 0.1) is 0 Å². The van der Waals surface area contributed by atoms with Gasteiger partial charge in [0.05, 0.1) is 6.04 Å². The number of guanidine groups is 1. The molecule has 26 heavy (non-hydrogen) atoms. The van der Waals surface area contributed by atoms with E-state index < -0.39 is 11.7 Å². The molecule has 1 fully saturated rings. The summed E-state index contributed by atoms with van der Waals surface area (Å²) in [5.41, 5.74) is 0.487. The summed E-state index contributed by atoms with van der Waals surface area (Å²) in [7, 11) is 1.77. The summed E-state index contributed by atoms with van der Waals surface area (Å²) in [6, 6.07) is 10.1. The molecule has 0 spiro atoms. The molecular weight excluding hydrogens is 328 g/mol. The lowest BCUT2D eigenvalue weighted by Crippen LogP contribution is -2.46. The molecule has 0 aromatic heterocycles. The molecule has 1 aliphatic rings. The van der Waals surface area contributed by atoms with Crippen molar-refractivity contribution in [2.75, 3.05) is 13.6 Å². The third kappa shape index (κ3) is 6.94. The minimum atomic E-state index is -0.529. The summed E-state index contributed by atoms with van der Waals surface area (Å²) in [4.78, 5) is 16.5. The third-order valence-electron chi connectivity index (χ3n) is 4.29. The number of nitrogens with zero attached hydrogens (tertiary/aromatic N) is 1. The van der Waals surface area contributed by atoms with E-state index in [1.165, 1.54) is 25.7 Å². The zero-order valence-electron chi connectivity index (χ0n) is 16.3. The lowest BCUT2D eigenvalue weighted by Gasteiger charge is -2.25. The van der Waals surface area contributed by atoms with Crippen molar-refractivity contribution in [3.63, 3.8) is 0 Å². The van der Waals surface area contributed by atoms with Crippen LogP contribution in [0.5, 0.6) is 0 Å². The molecule has 0 saturated heterocycles. The first-order valence-corrected chi connectivity index (χ1v) is 9.39. The van der Waals surface area contributed by atoms with Crippen molar-refractivity contribution in [1.29, 1.82) is 0 Å². The average Bonchev–Trinajstić information content (AvgIpc) is 3.09. The molecule has 1 aliphatic carbocycles. The van der Waals surface area contributed by atoms with Crippen LogP contribution >= 0.6 is 0 Å². The monoisotopic (exact) mass is 360 g/mol. The summed E-state index contributed by atoms with van der Waals surface area (Å²) in [5.74, 6) is 0.767. The van der Waals surface area contributed by atoms with Crippen molar-refractivity contribution >= 4 is 12.1 Å². The van der Waals surface area contributed by atoms with Gasteiger partial charge >= 0.3 is 6.09 Å². The van der Waals surface area contributed by atoms with E-state index in [-0.39, 0.29) is 6.04 Å². The molecular formula is C20H32N4O2. The molecule has 1 saturated carbocycles. The van der Waals surface area contributed by atoms with Gasteiger partial charge in [-0.3, -0.25) is 4.99 Å². The van der Waals surface area contributed by atoms with E-state index in [1.807, 2.05) is 51.1 Å². The molecule has 6 heteroatoms. The summed E-state index contributed by atoms with van der Waals surface area (Å²) in [5, 5.41) is 9.75. The molecule has 3 N–H and O–H groups in total. The second-order valence-corrected chi connectivity index (χ2v) is 7.69. The normalized spacial score (nSPS) is 16.8. The number of amides is 1. The Kier molecular flexibility index (Phi) is 7.30. The Balaban J connectivity index is 1.98. The zero-order valence-corrected chi connectivity index (χ0v) is 16.3. The van der Waals surface area contributed by atoms with Crippen LogP contribution in [0.4, 0.5) is 4.79 Å². The minimum absolute atomic E-state index is 0.215. The van der Waals surface area contributed by atoms with Crippen molar-refractivity contribution < 1.29 is 9.53 Å². The highest BCUT2D eigenvalue weighted by molar-refractivity contribution is 5.80. The van der Waals surface area contributed by atoms with Gasteiger partial charge in [-0.05, 0) is 39.2 Å². The van der Waals surface area contributed by atoms with Crippen molar-refractivity contribution in [2.45, 2.75) is 64.1 Å². The molecule has 1 aromatic carbocycles. The third-order valence-corrected chi connectivity index (χ3v) is 4.29. The first kappa shape index (κ1) is 20.1. The second kappa shape index (κ2) is 9.46. The van der Waals surface area contributed by atoms with Gasteiger partial charge in [0, 0.05) is 19.6 Å². The van der Waals surface area contributed by atoms with Gasteiger partial charge in [-0.15, -0.1) is 0 Å². The molecule has 0 radical (unpaired) electrons. The van der Waals surface area contributed by atoms with Crippen LogP contribution in [0.2, 0.25) is 0 Å². The highest BCUT2D eigenvalue weighted by Crippen LogP contribution is 2.18. The second-order valence-electron chi connectivity index (χ2n) is 7.69. The Labute approximate surface area is 156 Å². The Morgan fingerprint density at radius 2 is 1.88 bits per heavy atom. The van der Waals surface area contributed by atoms with Crippen LogP contribution in [0.25, 0.3) is 0 Å². The van der Waals surface area contributed by atoms with Crippen molar-refractivity contribution in [3.05, 3.63) is 35.9 Å². The first-order chi connectivity index (χ1) is 12.4. The Morgan fingerprint density at radius 1 is 1.23 bits per heavy atom. The minimum Gasteiger partial charge on any atom is -0.444 e. The van der Waals surface area contributed by atoms with Gasteiger partial charge in [0.15, 0.2) is 5.96 Å². The van der Waals surface area contributed by atoms with Crippen molar-refractivity contribution in [1.82, 2.24) is 16.0 Å². The van der Waals surface area contributed by atoms with E-state index in [1.54, 1.807) is 7.05 Å². The lowest BCUT2D eigenvalue weighted by molar-refractivity contribution is 0.0504. The van der Waals surface area contributed by atoms with Gasteiger partial charge in [-0.25, -0.2) is 4.79 Å². The van der Waals surface area contributed by atoms with Gasteiger partial charge in [-0.1, -0.05) is 43.2 Å². The summed E-state index contributed by atoms with van der Waals surface area (Å²) in [6.45, 7) is 6.09. The Bertz CT molecular complexity index is 590. The number of benzene rings is 1. The molecule has 2 rings (SSSR count). The Hall–Kier alpha value is -2.24. The van der Waals surface area contributed by atoms with Gasteiger partial charge < -0.3 is 20.7 Å². The van der Waals surface area contributed by atoms with E-state index in [0.29, 0.717) is 12.6 Å². The maximum absolute atomic E-state index is 12.2. The van der Waals surface area contributed by atoms with Crippen molar-refractivity contribution in [3.8, 4) is 0 Å². The maximum Gasteiger partial charge on any atom is 0.408 e. The molecule has 1 unspecified atom stereocenters. The zero-order chi connectivity index (χ0) is 19.0. The molecule has 0 bridgehead atoms. The van der Waals surface area contributed by atoms with Gasteiger partial charge in [0.25, 0.3) is 0 Å². The molecule has 0 aliphatic heterocycles. The number of carbonyl (C=O) groups is 1. The number of nitrogens with one attached hydrogen (secondary N) is 3. The molecule has 144 valence electrons. The predicted octanol–water partition coefficient (Wildman–Crippen LogP) is 3.36. The first-order valence-electron chi connectivity index (χ1n) is 9.39. The predicted molar refractivity (Wildman–Crippen MR) is 105 cm³/mol. The number of rotatable bonds is 5. The topological polar surface area (TPSA) is 74.8 Å². The number of hydrogen-bond acceptors (Lipinski definition) is 3. The lowest BCUT2D eigenvalue weighted by atomic mass is 10.1. The maximum atomic E-state index is 12.2. The van der Waals surface area contributed by atoms with Gasteiger partial charge in [0.1, 0.15) is 5.60 Å². The van der Waals surface area contributed by atoms with Gasteiger partial charge in [0.2, 0.25) is 0 Å². The van der Waals surface area contributed by atoms with Crippen molar-refractivity contribution in [2.24, 2.45) is 4.99 Å². The number of aliphatic imine (C=N–C) groups is 1. The summed E-state index contributed by atoms with van der Waals surface area (Å²) < 4.78 is 5.41.